The van der Waals surface area contributed by atoms with Crippen LogP contribution >= 0.6 is 0 Å². The molecule has 1 aromatic carbocycles. The van der Waals surface area contributed by atoms with E-state index in [0.717, 1.165) is 19.3 Å². The van der Waals surface area contributed by atoms with Crippen molar-refractivity contribution in [3.05, 3.63) is 34.6 Å². The standard InChI is InChI=1S/C13H16F5N/c14-9-8(6-4-2-1-3-5-7-19)10(15)12(17)13(18)11(9)16/h1-7,19H2. The molecule has 0 aliphatic carbocycles. The molecule has 1 nitrogen and oxygen atoms in total. The van der Waals surface area contributed by atoms with Gasteiger partial charge in [0.2, 0.25) is 5.82 Å². The van der Waals surface area contributed by atoms with E-state index in [1.807, 2.05) is 0 Å². The van der Waals surface area contributed by atoms with Crippen LogP contribution in [0.3, 0.4) is 0 Å². The van der Waals surface area contributed by atoms with Gasteiger partial charge in [-0.15, -0.1) is 0 Å². The van der Waals surface area contributed by atoms with Gasteiger partial charge in [-0.3, -0.25) is 0 Å². The maximum Gasteiger partial charge on any atom is 0.200 e. The molecule has 0 atom stereocenters. The van der Waals surface area contributed by atoms with Crippen LogP contribution in [0.4, 0.5) is 22.0 Å². The van der Waals surface area contributed by atoms with Crippen LogP contribution in [0.5, 0.6) is 0 Å². The Morgan fingerprint density at radius 1 is 0.579 bits per heavy atom. The number of nitrogens with two attached hydrogens (primary N) is 1. The van der Waals surface area contributed by atoms with Gasteiger partial charge >= 0.3 is 0 Å². The quantitative estimate of drug-likeness (QED) is 0.349. The van der Waals surface area contributed by atoms with E-state index in [2.05, 4.69) is 0 Å². The summed E-state index contributed by atoms with van der Waals surface area (Å²) in [5.74, 6) is -9.31. The van der Waals surface area contributed by atoms with Crippen LogP contribution in [0.1, 0.15) is 37.7 Å². The Morgan fingerprint density at radius 3 is 1.53 bits per heavy atom. The molecule has 0 aromatic heterocycles. The first-order chi connectivity index (χ1) is 9.00. The minimum atomic E-state index is -2.11. The molecule has 0 aliphatic heterocycles. The highest BCUT2D eigenvalue weighted by molar-refractivity contribution is 5.24. The molecule has 0 saturated heterocycles. The SMILES string of the molecule is NCCCCCCCc1c(F)c(F)c(F)c(F)c1F. The van der Waals surface area contributed by atoms with Gasteiger partial charge in [0.25, 0.3) is 0 Å². The minimum absolute atomic E-state index is 0.158. The summed E-state index contributed by atoms with van der Waals surface area (Å²) in [6.45, 7) is 0.581. The van der Waals surface area contributed by atoms with E-state index in [9.17, 15) is 22.0 Å². The Bertz CT molecular complexity index is 405. The number of hydrogen-bond acceptors (Lipinski definition) is 1. The first-order valence-corrected chi connectivity index (χ1v) is 6.21. The van der Waals surface area contributed by atoms with Gasteiger partial charge in [-0.2, -0.15) is 0 Å². The van der Waals surface area contributed by atoms with E-state index >= 15 is 0 Å². The number of hydrogen-bond donors (Lipinski definition) is 1. The maximum atomic E-state index is 13.3. The van der Waals surface area contributed by atoms with Crippen LogP contribution in [0.15, 0.2) is 0 Å². The molecule has 0 heterocycles. The van der Waals surface area contributed by atoms with Crippen molar-refractivity contribution in [2.45, 2.75) is 38.5 Å². The lowest BCUT2D eigenvalue weighted by Gasteiger charge is -2.08. The second kappa shape index (κ2) is 7.43. The molecule has 2 N–H and O–H groups in total. The molecule has 0 bridgehead atoms. The molecule has 0 aliphatic rings. The summed E-state index contributed by atoms with van der Waals surface area (Å²) >= 11 is 0. The topological polar surface area (TPSA) is 26.0 Å². The third-order valence-electron chi connectivity index (χ3n) is 2.93. The zero-order valence-corrected chi connectivity index (χ0v) is 10.4. The molecule has 108 valence electrons. The van der Waals surface area contributed by atoms with Crippen molar-refractivity contribution >= 4 is 0 Å². The maximum absolute atomic E-state index is 13.3. The Labute approximate surface area is 108 Å². The lowest BCUT2D eigenvalue weighted by atomic mass is 10.0. The molecule has 1 aromatic rings. The van der Waals surface area contributed by atoms with Crippen molar-refractivity contribution < 1.29 is 22.0 Å². The minimum Gasteiger partial charge on any atom is -0.330 e. The van der Waals surface area contributed by atoms with Crippen LogP contribution in [0, 0.1) is 29.1 Å². The number of rotatable bonds is 7. The van der Waals surface area contributed by atoms with Gasteiger partial charge in [0.15, 0.2) is 23.3 Å². The molecule has 19 heavy (non-hydrogen) atoms. The van der Waals surface area contributed by atoms with E-state index in [4.69, 9.17) is 5.73 Å². The second-order valence-corrected chi connectivity index (χ2v) is 4.35. The van der Waals surface area contributed by atoms with Gasteiger partial charge in [0, 0.05) is 5.56 Å². The number of halogens is 5. The summed E-state index contributed by atoms with van der Waals surface area (Å²) in [7, 11) is 0. The zero-order valence-electron chi connectivity index (χ0n) is 10.4. The summed E-state index contributed by atoms with van der Waals surface area (Å²) in [6.07, 6.45) is 3.47. The van der Waals surface area contributed by atoms with Crippen molar-refractivity contribution in [2.24, 2.45) is 5.73 Å². The summed E-state index contributed by atoms with van der Waals surface area (Å²) in [5, 5.41) is 0. The van der Waals surface area contributed by atoms with E-state index < -0.39 is 34.6 Å². The fourth-order valence-corrected chi connectivity index (χ4v) is 1.85. The predicted octanol–water partition coefficient (Wildman–Crippen LogP) is 3.83. The van der Waals surface area contributed by atoms with Crippen molar-refractivity contribution in [3.8, 4) is 0 Å². The lowest BCUT2D eigenvalue weighted by molar-refractivity contribution is 0.368. The Morgan fingerprint density at radius 2 is 1.00 bits per heavy atom. The van der Waals surface area contributed by atoms with Crippen molar-refractivity contribution in [1.29, 1.82) is 0 Å². The Kier molecular flexibility index (Phi) is 6.21. The zero-order chi connectivity index (χ0) is 14.4. The molecule has 0 unspecified atom stereocenters. The first-order valence-electron chi connectivity index (χ1n) is 6.21. The molecule has 0 fully saturated rings. The molecule has 0 radical (unpaired) electrons. The predicted molar refractivity (Wildman–Crippen MR) is 62.1 cm³/mol. The Hall–Kier alpha value is -1.17. The van der Waals surface area contributed by atoms with Gasteiger partial charge < -0.3 is 5.73 Å². The monoisotopic (exact) mass is 281 g/mol. The van der Waals surface area contributed by atoms with Crippen molar-refractivity contribution in [3.63, 3.8) is 0 Å². The molecular weight excluding hydrogens is 265 g/mol. The van der Waals surface area contributed by atoms with E-state index in [0.29, 0.717) is 19.4 Å². The largest absolute Gasteiger partial charge is 0.330 e. The number of unbranched alkanes of at least 4 members (excludes halogenated alkanes) is 4. The van der Waals surface area contributed by atoms with Gasteiger partial charge in [-0.1, -0.05) is 19.3 Å². The first kappa shape index (κ1) is 15.9. The summed E-state index contributed by atoms with van der Waals surface area (Å²) < 4.78 is 65.2. The van der Waals surface area contributed by atoms with Crippen LogP contribution in [0.2, 0.25) is 0 Å². The van der Waals surface area contributed by atoms with E-state index in [1.54, 1.807) is 0 Å². The average Bonchev–Trinajstić information content (AvgIpc) is 2.41. The fraction of sp³-hybridized carbons (Fsp3) is 0.538. The molecule has 0 spiro atoms. The van der Waals surface area contributed by atoms with E-state index in [-0.39, 0.29) is 6.42 Å². The van der Waals surface area contributed by atoms with Crippen LogP contribution < -0.4 is 5.73 Å². The van der Waals surface area contributed by atoms with Gasteiger partial charge in [0.1, 0.15) is 0 Å². The van der Waals surface area contributed by atoms with Gasteiger partial charge in [-0.05, 0) is 25.8 Å². The highest BCUT2D eigenvalue weighted by Gasteiger charge is 2.24. The average molecular weight is 281 g/mol. The van der Waals surface area contributed by atoms with Crippen molar-refractivity contribution in [1.82, 2.24) is 0 Å². The van der Waals surface area contributed by atoms with Crippen molar-refractivity contribution in [2.75, 3.05) is 6.54 Å². The molecule has 0 saturated carbocycles. The van der Waals surface area contributed by atoms with Crippen LogP contribution in [0.25, 0.3) is 0 Å². The second-order valence-electron chi connectivity index (χ2n) is 4.35. The van der Waals surface area contributed by atoms with Crippen LogP contribution in [-0.4, -0.2) is 6.54 Å². The fourth-order valence-electron chi connectivity index (χ4n) is 1.85. The molecule has 1 rings (SSSR count). The smallest absolute Gasteiger partial charge is 0.200 e. The molecular formula is C13H16F5N. The lowest BCUT2D eigenvalue weighted by Crippen LogP contribution is -2.07. The Balaban J connectivity index is 2.64. The van der Waals surface area contributed by atoms with Gasteiger partial charge in [0.05, 0.1) is 0 Å². The molecule has 6 heteroatoms. The highest BCUT2D eigenvalue weighted by Crippen LogP contribution is 2.24. The van der Waals surface area contributed by atoms with Gasteiger partial charge in [-0.25, -0.2) is 22.0 Å². The van der Waals surface area contributed by atoms with Crippen LogP contribution in [-0.2, 0) is 6.42 Å². The summed E-state index contributed by atoms with van der Waals surface area (Å²) in [6, 6.07) is 0. The van der Waals surface area contributed by atoms with E-state index in [1.165, 1.54) is 0 Å². The number of benzene rings is 1. The highest BCUT2D eigenvalue weighted by atomic mass is 19.2. The normalized spacial score (nSPS) is 11.1. The summed E-state index contributed by atoms with van der Waals surface area (Å²) in [5.41, 5.74) is 4.58. The molecule has 0 amide bonds. The summed E-state index contributed by atoms with van der Waals surface area (Å²) in [4.78, 5) is 0. The third-order valence-corrected chi connectivity index (χ3v) is 2.93. The third kappa shape index (κ3) is 3.89.